The summed E-state index contributed by atoms with van der Waals surface area (Å²) < 4.78 is 0. The fourth-order valence-electron chi connectivity index (χ4n) is 8.54. The summed E-state index contributed by atoms with van der Waals surface area (Å²) in [4.78, 5) is 18.0. The largest absolute Gasteiger partial charge is 0.208 e. The van der Waals surface area contributed by atoms with Crippen LogP contribution in [0, 0.1) is 0 Å². The molecule has 52 heavy (non-hydrogen) atoms. The van der Waals surface area contributed by atoms with Crippen LogP contribution >= 0.6 is 11.8 Å². The van der Waals surface area contributed by atoms with Crippen molar-refractivity contribution in [1.29, 1.82) is 0 Å². The van der Waals surface area contributed by atoms with Crippen molar-refractivity contribution in [3.63, 3.8) is 0 Å². The third-order valence-electron chi connectivity index (χ3n) is 10.8. The Morgan fingerprint density at radius 2 is 0.981 bits per heavy atom. The first kappa shape index (κ1) is 29.4. The van der Waals surface area contributed by atoms with Crippen LogP contribution in [0.1, 0.15) is 22.3 Å². The zero-order valence-corrected chi connectivity index (χ0v) is 28.8. The van der Waals surface area contributed by atoms with Crippen LogP contribution in [0.5, 0.6) is 0 Å². The zero-order valence-electron chi connectivity index (χ0n) is 28.0. The molecule has 0 atom stereocenters. The van der Waals surface area contributed by atoms with Crippen molar-refractivity contribution in [3.8, 4) is 45.3 Å². The SMILES string of the molecule is c1ccc(-c2nc(-c3ccc4ccccc4c3)nc(-c3cccc4c5c(ccc34)C3(c4ccccc4S5)c4ccccc4-c4ccccc43)n2)cc1. The van der Waals surface area contributed by atoms with Crippen LogP contribution in [0.4, 0.5) is 0 Å². The van der Waals surface area contributed by atoms with Crippen molar-refractivity contribution in [3.05, 3.63) is 198 Å². The van der Waals surface area contributed by atoms with Crippen molar-refractivity contribution in [2.75, 3.05) is 0 Å². The zero-order chi connectivity index (χ0) is 34.2. The third kappa shape index (κ3) is 4.19. The van der Waals surface area contributed by atoms with Crippen molar-refractivity contribution in [2.45, 2.75) is 15.2 Å². The van der Waals surface area contributed by atoms with Gasteiger partial charge in [-0.3, -0.25) is 0 Å². The maximum absolute atomic E-state index is 5.21. The maximum atomic E-state index is 5.21. The molecule has 4 heteroatoms. The molecule has 1 aliphatic carbocycles. The van der Waals surface area contributed by atoms with Crippen LogP contribution in [0.3, 0.4) is 0 Å². The number of hydrogen-bond donors (Lipinski definition) is 0. The first-order chi connectivity index (χ1) is 25.8. The Balaban J connectivity index is 1.17. The fraction of sp³-hybridized carbons (Fsp3) is 0.0208. The molecule has 1 aromatic heterocycles. The summed E-state index contributed by atoms with van der Waals surface area (Å²) in [6.45, 7) is 0. The highest BCUT2D eigenvalue weighted by Gasteiger charge is 2.50. The summed E-state index contributed by atoms with van der Waals surface area (Å²) in [6.07, 6.45) is 0. The average Bonchev–Trinajstić information content (AvgIpc) is 3.51. The van der Waals surface area contributed by atoms with Gasteiger partial charge in [-0.05, 0) is 67.1 Å². The molecule has 11 rings (SSSR count). The normalized spacial score (nSPS) is 13.5. The summed E-state index contributed by atoms with van der Waals surface area (Å²) in [5.41, 5.74) is 10.4. The molecular weight excluding hydrogens is 651 g/mol. The van der Waals surface area contributed by atoms with Gasteiger partial charge in [-0.2, -0.15) is 0 Å². The molecule has 1 aliphatic heterocycles. The number of fused-ring (bicyclic) bond motifs is 12. The Bertz CT molecular complexity index is 2850. The summed E-state index contributed by atoms with van der Waals surface area (Å²) in [6, 6.07) is 63.2. The van der Waals surface area contributed by atoms with E-state index >= 15 is 0 Å². The second-order valence-electron chi connectivity index (χ2n) is 13.5. The lowest BCUT2D eigenvalue weighted by Gasteiger charge is -2.40. The second-order valence-corrected chi connectivity index (χ2v) is 14.6. The van der Waals surface area contributed by atoms with Gasteiger partial charge in [0.2, 0.25) is 0 Å². The lowest BCUT2D eigenvalue weighted by atomic mass is 9.67. The first-order valence-corrected chi connectivity index (χ1v) is 18.4. The lowest BCUT2D eigenvalue weighted by molar-refractivity contribution is 0.726. The van der Waals surface area contributed by atoms with E-state index in [9.17, 15) is 0 Å². The van der Waals surface area contributed by atoms with Gasteiger partial charge in [-0.25, -0.2) is 15.0 Å². The Kier molecular flexibility index (Phi) is 6.40. The molecule has 0 bridgehead atoms. The summed E-state index contributed by atoms with van der Waals surface area (Å²) in [5.74, 6) is 1.98. The first-order valence-electron chi connectivity index (χ1n) is 17.6. The molecule has 9 aromatic rings. The number of hydrogen-bond acceptors (Lipinski definition) is 4. The molecule has 242 valence electrons. The van der Waals surface area contributed by atoms with E-state index in [1.165, 1.54) is 53.9 Å². The summed E-state index contributed by atoms with van der Waals surface area (Å²) in [7, 11) is 0. The molecule has 0 amide bonds. The molecular formula is C48H29N3S. The summed E-state index contributed by atoms with van der Waals surface area (Å²) >= 11 is 1.87. The molecule has 2 aliphatic rings. The Hall–Kier alpha value is -6.36. The molecule has 2 heterocycles. The molecule has 0 radical (unpaired) electrons. The number of nitrogens with zero attached hydrogens (tertiary/aromatic N) is 3. The Labute approximate surface area is 305 Å². The highest BCUT2D eigenvalue weighted by atomic mass is 32.2. The molecule has 1 spiro atoms. The van der Waals surface area contributed by atoms with Gasteiger partial charge >= 0.3 is 0 Å². The van der Waals surface area contributed by atoms with Crippen molar-refractivity contribution in [1.82, 2.24) is 15.0 Å². The standard InChI is InChI=1S/C48H29N3S/c1-2-14-31(15-3-1)45-49-46(33-26-25-30-13-4-5-16-32(30)29-33)51-47(50-45)38-20-12-19-37-34(38)27-28-42-44(37)52-43-24-11-10-23-41(43)48(42)39-21-8-6-17-35(39)36-18-7-9-22-40(36)48/h1-29H. The quantitative estimate of drug-likeness (QED) is 0.186. The van der Waals surface area contributed by atoms with E-state index in [4.69, 9.17) is 15.0 Å². The van der Waals surface area contributed by atoms with Crippen LogP contribution in [-0.2, 0) is 5.41 Å². The van der Waals surface area contributed by atoms with Gasteiger partial charge in [0.1, 0.15) is 0 Å². The molecule has 0 saturated heterocycles. The lowest BCUT2D eigenvalue weighted by Crippen LogP contribution is -2.32. The number of benzene rings is 8. The van der Waals surface area contributed by atoms with E-state index in [1.807, 2.05) is 30.0 Å². The highest BCUT2D eigenvalue weighted by Crippen LogP contribution is 2.63. The van der Waals surface area contributed by atoms with E-state index in [2.05, 4.69) is 158 Å². The minimum atomic E-state index is -0.425. The average molecular weight is 680 g/mol. The maximum Gasteiger partial charge on any atom is 0.164 e. The van der Waals surface area contributed by atoms with Crippen LogP contribution in [0.25, 0.3) is 66.8 Å². The van der Waals surface area contributed by atoms with E-state index in [0.29, 0.717) is 17.5 Å². The topological polar surface area (TPSA) is 38.7 Å². The molecule has 3 nitrogen and oxygen atoms in total. The molecule has 0 fully saturated rings. The predicted octanol–water partition coefficient (Wildman–Crippen LogP) is 12.0. The monoisotopic (exact) mass is 679 g/mol. The molecule has 0 unspecified atom stereocenters. The van der Waals surface area contributed by atoms with Gasteiger partial charge < -0.3 is 0 Å². The van der Waals surface area contributed by atoms with Gasteiger partial charge in [0.05, 0.1) is 5.41 Å². The van der Waals surface area contributed by atoms with Gasteiger partial charge in [-0.1, -0.05) is 176 Å². The number of aromatic nitrogens is 3. The fourth-order valence-corrected chi connectivity index (χ4v) is 9.85. The Morgan fingerprint density at radius 3 is 1.77 bits per heavy atom. The third-order valence-corrected chi connectivity index (χ3v) is 12.0. The predicted molar refractivity (Wildman–Crippen MR) is 213 cm³/mol. The van der Waals surface area contributed by atoms with E-state index in [0.717, 1.165) is 27.5 Å². The van der Waals surface area contributed by atoms with Gasteiger partial charge in [-0.15, -0.1) is 0 Å². The Morgan fingerprint density at radius 1 is 0.365 bits per heavy atom. The number of rotatable bonds is 3. The van der Waals surface area contributed by atoms with Crippen molar-refractivity contribution < 1.29 is 0 Å². The second kappa shape index (κ2) is 11.3. The smallest absolute Gasteiger partial charge is 0.164 e. The molecule has 0 N–H and O–H groups in total. The minimum Gasteiger partial charge on any atom is -0.208 e. The summed E-state index contributed by atoms with van der Waals surface area (Å²) in [5, 5.41) is 4.66. The van der Waals surface area contributed by atoms with Crippen LogP contribution in [-0.4, -0.2) is 15.0 Å². The van der Waals surface area contributed by atoms with E-state index in [-0.39, 0.29) is 0 Å². The van der Waals surface area contributed by atoms with Gasteiger partial charge in [0, 0.05) is 26.5 Å². The van der Waals surface area contributed by atoms with Crippen molar-refractivity contribution >= 4 is 33.3 Å². The minimum absolute atomic E-state index is 0.425. The van der Waals surface area contributed by atoms with Gasteiger partial charge in [0.15, 0.2) is 17.5 Å². The van der Waals surface area contributed by atoms with Crippen molar-refractivity contribution in [2.24, 2.45) is 0 Å². The van der Waals surface area contributed by atoms with Gasteiger partial charge in [0.25, 0.3) is 0 Å². The van der Waals surface area contributed by atoms with E-state index < -0.39 is 5.41 Å². The van der Waals surface area contributed by atoms with Crippen LogP contribution < -0.4 is 0 Å². The molecule has 0 saturated carbocycles. The van der Waals surface area contributed by atoms with Crippen LogP contribution in [0.15, 0.2) is 186 Å². The molecule has 8 aromatic carbocycles. The highest BCUT2D eigenvalue weighted by molar-refractivity contribution is 7.99. The van der Waals surface area contributed by atoms with Crippen LogP contribution in [0.2, 0.25) is 0 Å². The van der Waals surface area contributed by atoms with E-state index in [1.54, 1.807) is 0 Å².